The molecule has 14 heteroatoms. The number of amides is 6. The van der Waals surface area contributed by atoms with Gasteiger partial charge in [0.25, 0.3) is 0 Å². The molecule has 0 aromatic heterocycles. The Morgan fingerprint density at radius 2 is 0.779 bits per heavy atom. The van der Waals surface area contributed by atoms with E-state index in [9.17, 15) is 28.8 Å². The third-order valence-corrected chi connectivity index (χ3v) is 13.4. The highest BCUT2D eigenvalue weighted by molar-refractivity contribution is 5.94. The van der Waals surface area contributed by atoms with Gasteiger partial charge in [-0.3, -0.25) is 28.8 Å². The number of nitrogens with zero attached hydrogens (tertiary/aromatic N) is 2. The zero-order valence-corrected chi connectivity index (χ0v) is 40.0. The molecular formula is C54H70N8O6. The molecular weight excluding hydrogens is 857 g/mol. The Balaban J connectivity index is 1.08. The Hall–Kier alpha value is -6.38. The largest absolute Gasteiger partial charge is 0.343 e. The molecule has 2 aliphatic heterocycles. The fourth-order valence-electron chi connectivity index (χ4n) is 9.20. The summed E-state index contributed by atoms with van der Waals surface area (Å²) in [6, 6.07) is 34.0. The molecule has 2 saturated heterocycles. The number of hydrogen-bond acceptors (Lipinski definition) is 8. The first-order chi connectivity index (χ1) is 33.0. The second kappa shape index (κ2) is 25.7. The first kappa shape index (κ1) is 51.0. The molecule has 362 valence electrons. The second-order valence-electron chi connectivity index (χ2n) is 18.0. The highest BCUT2D eigenvalue weighted by Crippen LogP contribution is 2.28. The van der Waals surface area contributed by atoms with Crippen LogP contribution in [0.1, 0.15) is 112 Å². The second-order valence-corrected chi connectivity index (χ2v) is 18.0. The molecule has 2 heterocycles. The van der Waals surface area contributed by atoms with Crippen LogP contribution in [0.2, 0.25) is 0 Å². The summed E-state index contributed by atoms with van der Waals surface area (Å²) in [7, 11) is 3.37. The molecule has 0 aliphatic carbocycles. The van der Waals surface area contributed by atoms with Crippen molar-refractivity contribution < 1.29 is 28.8 Å². The van der Waals surface area contributed by atoms with Crippen molar-refractivity contribution in [2.45, 2.75) is 126 Å². The molecule has 0 bridgehead atoms. The molecule has 6 atom stereocenters. The Bertz CT molecular complexity index is 2010. The topological polar surface area (TPSA) is 181 Å². The summed E-state index contributed by atoms with van der Waals surface area (Å²) in [5.74, 6) is -1.68. The van der Waals surface area contributed by atoms with Gasteiger partial charge in [0.05, 0.1) is 24.2 Å². The van der Waals surface area contributed by atoms with Crippen LogP contribution >= 0.6 is 0 Å². The first-order valence-electron chi connectivity index (χ1n) is 24.4. The number of carbonyl (C=O) groups excluding carboxylic acids is 6. The lowest BCUT2D eigenvalue weighted by Crippen LogP contribution is -2.55. The van der Waals surface area contributed by atoms with Crippen molar-refractivity contribution in [1.82, 2.24) is 41.7 Å². The van der Waals surface area contributed by atoms with Crippen LogP contribution in [0.5, 0.6) is 0 Å². The average Bonchev–Trinajstić information content (AvgIpc) is 4.09. The number of carbonyl (C=O) groups is 6. The Morgan fingerprint density at radius 1 is 0.471 bits per heavy atom. The lowest BCUT2D eigenvalue weighted by atomic mass is 9.98. The lowest BCUT2D eigenvalue weighted by molar-refractivity contribution is -0.142. The number of unbranched alkanes of at least 4 members (excludes halogenated alkanes) is 3. The molecule has 6 N–H and O–H groups in total. The third kappa shape index (κ3) is 13.6. The predicted octanol–water partition coefficient (Wildman–Crippen LogP) is 5.31. The number of nitrogens with one attached hydrogen (secondary N) is 6. The summed E-state index contributed by atoms with van der Waals surface area (Å²) >= 11 is 0. The van der Waals surface area contributed by atoms with E-state index < -0.39 is 48.3 Å². The maximum Gasteiger partial charge on any atom is 0.245 e. The number of rotatable bonds is 23. The lowest BCUT2D eigenvalue weighted by Gasteiger charge is -2.31. The fourth-order valence-corrected chi connectivity index (χ4v) is 9.20. The molecule has 0 saturated carbocycles. The van der Waals surface area contributed by atoms with Crippen molar-refractivity contribution in [2.24, 2.45) is 0 Å². The minimum atomic E-state index is -0.844. The van der Waals surface area contributed by atoms with E-state index in [1.807, 2.05) is 121 Å². The average molecular weight is 927 g/mol. The zero-order valence-electron chi connectivity index (χ0n) is 40.0. The number of likely N-dealkylation sites (tertiary alicyclic amines) is 2. The molecule has 0 radical (unpaired) electrons. The Morgan fingerprint density at radius 3 is 1.07 bits per heavy atom. The normalized spacial score (nSPS) is 17.6. The highest BCUT2D eigenvalue weighted by atomic mass is 16.2. The molecule has 0 unspecified atom stereocenters. The first-order valence-corrected chi connectivity index (χ1v) is 24.4. The van der Waals surface area contributed by atoms with Gasteiger partial charge in [0.15, 0.2) is 0 Å². The van der Waals surface area contributed by atoms with E-state index in [2.05, 4.69) is 31.9 Å². The van der Waals surface area contributed by atoms with E-state index >= 15 is 0 Å². The SMILES string of the molecule is CN[C@@H](C)C(=O)N[C@@H](CCCCCC[C@H](NC(=O)[C@H](C)NC)C(=O)N1CCC[C@H]1C(=O)NC(c1ccccc1)c1ccccc1)C(=O)N1CCC[C@H]1C(=O)NC(c1ccccc1)c1ccccc1. The molecule has 68 heavy (non-hydrogen) atoms. The van der Waals surface area contributed by atoms with Crippen LogP contribution in [-0.2, 0) is 28.8 Å². The van der Waals surface area contributed by atoms with Gasteiger partial charge >= 0.3 is 0 Å². The summed E-state index contributed by atoms with van der Waals surface area (Å²) in [6.45, 7) is 4.26. The minimum Gasteiger partial charge on any atom is -0.343 e. The quantitative estimate of drug-likeness (QED) is 0.0542. The van der Waals surface area contributed by atoms with Gasteiger partial charge in [-0.1, -0.05) is 147 Å². The molecule has 2 aliphatic rings. The molecule has 14 nitrogen and oxygen atoms in total. The fraction of sp³-hybridized carbons (Fsp3) is 0.444. The van der Waals surface area contributed by atoms with Gasteiger partial charge in [0.2, 0.25) is 35.4 Å². The van der Waals surface area contributed by atoms with Gasteiger partial charge in [-0.2, -0.15) is 0 Å². The molecule has 4 aromatic rings. The minimum absolute atomic E-state index is 0.244. The van der Waals surface area contributed by atoms with E-state index in [-0.39, 0.29) is 35.4 Å². The van der Waals surface area contributed by atoms with Crippen molar-refractivity contribution in [3.8, 4) is 0 Å². The van der Waals surface area contributed by atoms with Crippen molar-refractivity contribution >= 4 is 35.4 Å². The van der Waals surface area contributed by atoms with Crippen molar-refractivity contribution in [3.05, 3.63) is 144 Å². The summed E-state index contributed by atoms with van der Waals surface area (Å²) in [5.41, 5.74) is 3.72. The summed E-state index contributed by atoms with van der Waals surface area (Å²) in [4.78, 5) is 86.7. The van der Waals surface area contributed by atoms with E-state index in [1.54, 1.807) is 37.7 Å². The van der Waals surface area contributed by atoms with Gasteiger partial charge in [0, 0.05) is 13.1 Å². The van der Waals surface area contributed by atoms with Gasteiger partial charge in [0.1, 0.15) is 24.2 Å². The van der Waals surface area contributed by atoms with Crippen molar-refractivity contribution in [3.63, 3.8) is 0 Å². The Labute approximate surface area is 401 Å². The zero-order chi connectivity index (χ0) is 48.4. The van der Waals surface area contributed by atoms with Crippen molar-refractivity contribution in [2.75, 3.05) is 27.2 Å². The van der Waals surface area contributed by atoms with E-state index in [1.165, 1.54) is 0 Å². The maximum atomic E-state index is 14.4. The molecule has 6 amide bonds. The van der Waals surface area contributed by atoms with E-state index in [4.69, 9.17) is 0 Å². The van der Waals surface area contributed by atoms with Crippen LogP contribution in [0.15, 0.2) is 121 Å². The van der Waals surface area contributed by atoms with Gasteiger partial charge < -0.3 is 41.7 Å². The molecule has 4 aromatic carbocycles. The van der Waals surface area contributed by atoms with Crippen LogP contribution in [0.25, 0.3) is 0 Å². The van der Waals surface area contributed by atoms with Crippen LogP contribution < -0.4 is 31.9 Å². The monoisotopic (exact) mass is 927 g/mol. The maximum absolute atomic E-state index is 14.4. The van der Waals surface area contributed by atoms with Crippen LogP contribution in [0, 0.1) is 0 Å². The summed E-state index contributed by atoms with van der Waals surface area (Å²) in [6.07, 6.45) is 5.64. The molecule has 2 fully saturated rings. The van der Waals surface area contributed by atoms with E-state index in [0.717, 1.165) is 22.3 Å². The smallest absolute Gasteiger partial charge is 0.245 e. The molecule has 0 spiro atoms. The third-order valence-electron chi connectivity index (χ3n) is 13.4. The Kier molecular flexibility index (Phi) is 19.3. The number of benzene rings is 4. The number of likely N-dealkylation sites (N-methyl/N-ethyl adjacent to an activating group) is 2. The summed E-state index contributed by atoms with van der Waals surface area (Å²) < 4.78 is 0. The van der Waals surface area contributed by atoms with Crippen LogP contribution in [0.3, 0.4) is 0 Å². The number of hydrogen-bond donors (Lipinski definition) is 6. The standard InChI is InChI=1S/C54H70N8O6/c1-37(55-3)49(63)57-43(53(67)61-35-21-33-45(61)51(65)59-47(39-23-11-7-12-24-39)40-25-13-8-14-26-40)31-19-5-6-20-32-44(58-50(64)38(2)56-4)54(68)62-36-22-34-46(62)52(66)60-48(41-27-15-9-16-28-41)42-29-17-10-18-30-42/h7-18,23-30,37-38,43-48,55-56H,5-6,19-22,31-36H2,1-4H3,(H,57,63)(H,58,64)(H,59,65)(H,60,66)/t37-,38-,43-,44-,45-,46-/m0/s1. The molecule has 6 rings (SSSR count). The van der Waals surface area contributed by atoms with Gasteiger partial charge in [-0.15, -0.1) is 0 Å². The predicted molar refractivity (Wildman–Crippen MR) is 264 cm³/mol. The van der Waals surface area contributed by atoms with Crippen LogP contribution in [-0.4, -0.2) is 109 Å². The van der Waals surface area contributed by atoms with Crippen molar-refractivity contribution in [1.29, 1.82) is 0 Å². The van der Waals surface area contributed by atoms with E-state index in [0.29, 0.717) is 77.3 Å². The highest BCUT2D eigenvalue weighted by Gasteiger charge is 2.40. The van der Waals surface area contributed by atoms with Crippen LogP contribution in [0.4, 0.5) is 0 Å². The summed E-state index contributed by atoms with van der Waals surface area (Å²) in [5, 5.41) is 18.3. The van der Waals surface area contributed by atoms with Gasteiger partial charge in [-0.05, 0) is 88.7 Å². The van der Waals surface area contributed by atoms with Gasteiger partial charge in [-0.25, -0.2) is 0 Å².